The minimum absolute atomic E-state index is 0.0865. The van der Waals surface area contributed by atoms with E-state index < -0.39 is 23.6 Å². The summed E-state index contributed by atoms with van der Waals surface area (Å²) in [7, 11) is 0. The molecule has 8 heteroatoms. The highest BCUT2D eigenvalue weighted by atomic mass is 19.4. The number of rotatable bonds is 3. The maximum Gasteiger partial charge on any atom is 0.416 e. The molecule has 5 nitrogen and oxygen atoms in total. The van der Waals surface area contributed by atoms with Crippen molar-refractivity contribution in [2.24, 2.45) is 5.92 Å². The molecule has 29 heavy (non-hydrogen) atoms. The average molecular weight is 407 g/mol. The smallest absolute Gasteiger partial charge is 0.416 e. The second kappa shape index (κ2) is 7.57. The third-order valence-electron chi connectivity index (χ3n) is 6.17. The first-order chi connectivity index (χ1) is 13.7. The summed E-state index contributed by atoms with van der Waals surface area (Å²) in [5.74, 6) is -0.416. The summed E-state index contributed by atoms with van der Waals surface area (Å²) in [4.78, 5) is 2.44. The van der Waals surface area contributed by atoms with E-state index >= 15 is 0 Å². The van der Waals surface area contributed by atoms with Crippen LogP contribution in [0.4, 0.5) is 13.2 Å². The van der Waals surface area contributed by atoms with Gasteiger partial charge >= 0.3 is 6.18 Å². The zero-order chi connectivity index (χ0) is 20.8. The Kier molecular flexibility index (Phi) is 5.25. The van der Waals surface area contributed by atoms with Crippen molar-refractivity contribution >= 4 is 0 Å². The van der Waals surface area contributed by atoms with Crippen LogP contribution in [0, 0.1) is 12.8 Å². The fourth-order valence-corrected chi connectivity index (χ4v) is 4.59. The summed E-state index contributed by atoms with van der Waals surface area (Å²) in [5.41, 5.74) is 0.658. The van der Waals surface area contributed by atoms with Gasteiger partial charge in [-0.25, -0.2) is 0 Å². The number of aliphatic hydroxyl groups excluding tert-OH is 1. The lowest BCUT2D eigenvalue weighted by atomic mass is 9.87. The van der Waals surface area contributed by atoms with Crippen LogP contribution in [0.5, 0.6) is 5.75 Å². The summed E-state index contributed by atoms with van der Waals surface area (Å²) in [5, 5.41) is 29.2. The predicted octanol–water partition coefficient (Wildman–Crippen LogP) is 4.08. The third-order valence-corrected chi connectivity index (χ3v) is 6.17. The number of alkyl halides is 3. The standard InChI is InChI=1S/C21H24F3N3O2/c1-12-9-17(20(29)13-4-6-15-3-2-8-27(15)11-13)25-26-19(12)16-7-5-14(10-18(16)28)21(22,23)24/h5,7,9-10,13,15,20,28-29H,2-4,6,8,11H2,1H3. The van der Waals surface area contributed by atoms with Gasteiger partial charge in [0.25, 0.3) is 0 Å². The van der Waals surface area contributed by atoms with Gasteiger partial charge in [0.2, 0.25) is 0 Å². The van der Waals surface area contributed by atoms with E-state index in [2.05, 4.69) is 15.1 Å². The van der Waals surface area contributed by atoms with Gasteiger partial charge in [-0.3, -0.25) is 0 Å². The molecular weight excluding hydrogens is 383 g/mol. The molecule has 2 aliphatic heterocycles. The van der Waals surface area contributed by atoms with Crippen molar-refractivity contribution in [1.29, 1.82) is 0 Å². The van der Waals surface area contributed by atoms with Crippen molar-refractivity contribution in [2.45, 2.75) is 50.9 Å². The SMILES string of the molecule is Cc1cc(C(O)C2CCC3CCCN3C2)nnc1-c1ccc(C(F)(F)F)cc1O. The van der Waals surface area contributed by atoms with E-state index in [9.17, 15) is 23.4 Å². The lowest BCUT2D eigenvalue weighted by Crippen LogP contribution is -2.41. The molecular formula is C21H24F3N3O2. The lowest BCUT2D eigenvalue weighted by Gasteiger charge is -2.37. The first-order valence-corrected chi connectivity index (χ1v) is 9.91. The number of hydrogen-bond donors (Lipinski definition) is 2. The van der Waals surface area contributed by atoms with Crippen molar-refractivity contribution in [1.82, 2.24) is 15.1 Å². The normalized spacial score (nSPS) is 23.8. The van der Waals surface area contributed by atoms with Gasteiger partial charge in [0.05, 0.1) is 17.0 Å². The van der Waals surface area contributed by atoms with Crippen LogP contribution in [0.25, 0.3) is 11.3 Å². The van der Waals surface area contributed by atoms with E-state index in [0.717, 1.165) is 32.0 Å². The maximum atomic E-state index is 12.8. The fraction of sp³-hybridized carbons (Fsp3) is 0.524. The van der Waals surface area contributed by atoms with Crippen LogP contribution >= 0.6 is 0 Å². The second-order valence-corrected chi connectivity index (χ2v) is 8.10. The number of fused-ring (bicyclic) bond motifs is 1. The lowest BCUT2D eigenvalue weighted by molar-refractivity contribution is -0.137. The van der Waals surface area contributed by atoms with E-state index in [-0.39, 0.29) is 11.5 Å². The van der Waals surface area contributed by atoms with Gasteiger partial charge in [0.1, 0.15) is 11.9 Å². The third kappa shape index (κ3) is 3.96. The number of piperidine rings is 1. The van der Waals surface area contributed by atoms with Crippen molar-refractivity contribution in [2.75, 3.05) is 13.1 Å². The molecule has 156 valence electrons. The van der Waals surface area contributed by atoms with Crippen molar-refractivity contribution < 1.29 is 23.4 Å². The molecule has 2 aromatic rings. The molecule has 0 spiro atoms. The van der Waals surface area contributed by atoms with Crippen LogP contribution in [0.2, 0.25) is 0 Å². The highest BCUT2D eigenvalue weighted by Crippen LogP contribution is 2.38. The molecule has 0 radical (unpaired) electrons. The topological polar surface area (TPSA) is 69.5 Å². The summed E-state index contributed by atoms with van der Waals surface area (Å²) in [6, 6.07) is 5.14. The molecule has 4 rings (SSSR count). The van der Waals surface area contributed by atoms with Gasteiger partial charge in [0.15, 0.2) is 0 Å². The summed E-state index contributed by atoms with van der Waals surface area (Å²) in [6.07, 6.45) is -0.821. The Morgan fingerprint density at radius 1 is 1.14 bits per heavy atom. The van der Waals surface area contributed by atoms with Gasteiger partial charge in [-0.05, 0) is 69.0 Å². The number of phenols is 1. The number of nitrogens with zero attached hydrogens (tertiary/aromatic N) is 3. The number of aromatic hydroxyl groups is 1. The zero-order valence-corrected chi connectivity index (χ0v) is 16.2. The van der Waals surface area contributed by atoms with Crippen molar-refractivity contribution in [3.8, 4) is 17.0 Å². The van der Waals surface area contributed by atoms with Crippen molar-refractivity contribution in [3.63, 3.8) is 0 Å². The zero-order valence-electron chi connectivity index (χ0n) is 16.2. The summed E-state index contributed by atoms with van der Waals surface area (Å²) >= 11 is 0. The highest BCUT2D eigenvalue weighted by molar-refractivity contribution is 5.69. The summed E-state index contributed by atoms with van der Waals surface area (Å²) in [6.45, 7) is 3.66. The Morgan fingerprint density at radius 3 is 2.62 bits per heavy atom. The Bertz CT molecular complexity index is 903. The van der Waals surface area contributed by atoms with Gasteiger partial charge in [-0.1, -0.05) is 0 Å². The number of halogens is 3. The monoisotopic (exact) mass is 407 g/mol. The van der Waals surface area contributed by atoms with Crippen LogP contribution in [-0.4, -0.2) is 44.4 Å². The van der Waals surface area contributed by atoms with Crippen LogP contribution in [0.1, 0.15) is 48.6 Å². The predicted molar refractivity (Wildman–Crippen MR) is 101 cm³/mol. The van der Waals surface area contributed by atoms with Crippen LogP contribution in [-0.2, 0) is 6.18 Å². The molecule has 2 fully saturated rings. The molecule has 1 aromatic heterocycles. The highest BCUT2D eigenvalue weighted by Gasteiger charge is 2.35. The molecule has 0 aliphatic carbocycles. The molecule has 1 aromatic carbocycles. The number of aromatic nitrogens is 2. The molecule has 2 N–H and O–H groups in total. The fourth-order valence-electron chi connectivity index (χ4n) is 4.59. The second-order valence-electron chi connectivity index (χ2n) is 8.10. The van der Waals surface area contributed by atoms with Gasteiger partial charge in [-0.2, -0.15) is 18.3 Å². The molecule has 2 saturated heterocycles. The van der Waals surface area contributed by atoms with Gasteiger partial charge < -0.3 is 15.1 Å². The molecule has 2 aliphatic rings. The molecule has 0 amide bonds. The number of aryl methyl sites for hydroxylation is 1. The average Bonchev–Trinajstić information content (AvgIpc) is 3.14. The van der Waals surface area contributed by atoms with Crippen molar-refractivity contribution in [3.05, 3.63) is 41.1 Å². The first kappa shape index (κ1) is 20.1. The molecule has 0 bridgehead atoms. The molecule has 3 atom stereocenters. The van der Waals surface area contributed by atoms with E-state index in [0.29, 0.717) is 29.1 Å². The number of benzene rings is 1. The van der Waals surface area contributed by atoms with E-state index in [1.165, 1.54) is 18.9 Å². The largest absolute Gasteiger partial charge is 0.507 e. The molecule has 3 unspecified atom stereocenters. The molecule has 0 saturated carbocycles. The Balaban J connectivity index is 1.55. The van der Waals surface area contributed by atoms with Crippen LogP contribution in [0.15, 0.2) is 24.3 Å². The van der Waals surface area contributed by atoms with Crippen LogP contribution < -0.4 is 0 Å². The first-order valence-electron chi connectivity index (χ1n) is 9.91. The Labute approximate surface area is 167 Å². The minimum Gasteiger partial charge on any atom is -0.507 e. The summed E-state index contributed by atoms with van der Waals surface area (Å²) < 4.78 is 38.4. The number of hydrogen-bond acceptors (Lipinski definition) is 5. The Hall–Kier alpha value is -2.19. The maximum absolute atomic E-state index is 12.8. The Morgan fingerprint density at radius 2 is 1.93 bits per heavy atom. The van der Waals surface area contributed by atoms with E-state index in [1.54, 1.807) is 13.0 Å². The quantitative estimate of drug-likeness (QED) is 0.802. The number of phenolic OH excluding ortho intramolecular Hbond substituents is 1. The van der Waals surface area contributed by atoms with E-state index in [1.807, 2.05) is 0 Å². The molecule has 3 heterocycles. The van der Waals surface area contributed by atoms with Crippen LogP contribution in [0.3, 0.4) is 0 Å². The van der Waals surface area contributed by atoms with Gasteiger partial charge in [0, 0.05) is 24.1 Å². The van der Waals surface area contributed by atoms with Gasteiger partial charge in [-0.15, -0.1) is 5.10 Å². The number of aliphatic hydroxyl groups is 1. The van der Waals surface area contributed by atoms with E-state index in [4.69, 9.17) is 0 Å². The minimum atomic E-state index is -4.53.